The molecule has 0 N–H and O–H groups in total. The topological polar surface area (TPSA) is 36.9 Å². The third-order valence-corrected chi connectivity index (χ3v) is 2.75. The van der Waals surface area contributed by atoms with Crippen LogP contribution in [0.15, 0.2) is 0 Å². The van der Waals surface area contributed by atoms with Gasteiger partial charge in [0, 0.05) is 7.11 Å². The highest BCUT2D eigenvalue weighted by Crippen LogP contribution is 2.50. The second-order valence-corrected chi connectivity index (χ2v) is 3.65. The van der Waals surface area contributed by atoms with Crippen LogP contribution >= 0.6 is 8.60 Å². The molecule has 4 nitrogen and oxygen atoms in total. The highest BCUT2D eigenvalue weighted by atomic mass is 31.2. The van der Waals surface area contributed by atoms with E-state index in [1.54, 1.807) is 7.11 Å². The van der Waals surface area contributed by atoms with Crippen LogP contribution in [0.4, 0.5) is 0 Å². The van der Waals surface area contributed by atoms with Gasteiger partial charge in [0.25, 0.3) is 0 Å². The Kier molecular flexibility index (Phi) is 1.66. The van der Waals surface area contributed by atoms with Gasteiger partial charge in [-0.15, -0.1) is 0 Å². The van der Waals surface area contributed by atoms with Crippen LogP contribution in [0.25, 0.3) is 0 Å². The summed E-state index contributed by atoms with van der Waals surface area (Å²) in [7, 11) is 0.627. The average Bonchev–Trinajstić information content (AvgIpc) is 2.08. The molecule has 3 saturated heterocycles. The van der Waals surface area contributed by atoms with Gasteiger partial charge in [-0.2, -0.15) is 0 Å². The zero-order chi connectivity index (χ0) is 7.03. The maximum absolute atomic E-state index is 5.20. The number of rotatable bonds is 1. The summed E-state index contributed by atoms with van der Waals surface area (Å²) >= 11 is 0. The lowest BCUT2D eigenvalue weighted by molar-refractivity contribution is -0.156. The smallest absolute Gasteiger partial charge is 0.332 e. The van der Waals surface area contributed by atoms with Gasteiger partial charge >= 0.3 is 8.60 Å². The quantitative estimate of drug-likeness (QED) is 0.534. The van der Waals surface area contributed by atoms with Gasteiger partial charge in [-0.05, 0) is 0 Å². The maximum atomic E-state index is 5.20. The molecule has 3 heterocycles. The monoisotopic (exact) mass is 164 g/mol. The molecule has 10 heavy (non-hydrogen) atoms. The van der Waals surface area contributed by atoms with E-state index >= 15 is 0 Å². The molecule has 0 aromatic heterocycles. The third kappa shape index (κ3) is 0.966. The Bertz CT molecular complexity index is 118. The van der Waals surface area contributed by atoms with Gasteiger partial charge in [-0.1, -0.05) is 0 Å². The molecule has 0 spiro atoms. The number of ether oxygens (including phenoxy) is 1. The zero-order valence-electron chi connectivity index (χ0n) is 5.70. The van der Waals surface area contributed by atoms with Crippen molar-refractivity contribution < 1.29 is 18.3 Å². The van der Waals surface area contributed by atoms with E-state index in [9.17, 15) is 0 Å². The normalized spacial score (nSPS) is 45.9. The molecule has 0 aromatic carbocycles. The van der Waals surface area contributed by atoms with Crippen LogP contribution in [0.1, 0.15) is 0 Å². The van der Waals surface area contributed by atoms with E-state index < -0.39 is 8.60 Å². The first-order chi connectivity index (χ1) is 4.85. The minimum absolute atomic E-state index is 0.322. The molecule has 3 aliphatic heterocycles. The van der Waals surface area contributed by atoms with Gasteiger partial charge in [0.1, 0.15) is 5.60 Å². The first-order valence-electron chi connectivity index (χ1n) is 3.09. The molecule has 0 amide bonds. The molecule has 3 aliphatic rings. The lowest BCUT2D eigenvalue weighted by atomic mass is 10.1. The van der Waals surface area contributed by atoms with Crippen LogP contribution in [0.3, 0.4) is 0 Å². The Morgan fingerprint density at radius 2 is 1.70 bits per heavy atom. The van der Waals surface area contributed by atoms with E-state index in [0.717, 1.165) is 0 Å². The molecular weight excluding hydrogens is 155 g/mol. The Balaban J connectivity index is 2.08. The molecule has 3 rings (SSSR count). The van der Waals surface area contributed by atoms with E-state index in [4.69, 9.17) is 18.3 Å². The maximum Gasteiger partial charge on any atom is 0.332 e. The summed E-state index contributed by atoms with van der Waals surface area (Å²) in [5, 5.41) is 0. The predicted molar refractivity (Wildman–Crippen MR) is 34.5 cm³/mol. The van der Waals surface area contributed by atoms with Crippen LogP contribution in [0, 0.1) is 0 Å². The molecule has 0 atom stereocenters. The largest absolute Gasteiger partial charge is 0.371 e. The van der Waals surface area contributed by atoms with Crippen molar-refractivity contribution in [2.24, 2.45) is 0 Å². The molecule has 5 heteroatoms. The molecule has 0 saturated carbocycles. The van der Waals surface area contributed by atoms with Crippen molar-refractivity contribution in [2.75, 3.05) is 26.9 Å². The van der Waals surface area contributed by atoms with Crippen LogP contribution in [-0.4, -0.2) is 32.5 Å². The van der Waals surface area contributed by atoms with Crippen molar-refractivity contribution in [1.29, 1.82) is 0 Å². The van der Waals surface area contributed by atoms with Gasteiger partial charge in [0.15, 0.2) is 0 Å². The Labute approximate surface area is 60.4 Å². The number of methoxy groups -OCH3 is 1. The lowest BCUT2D eigenvalue weighted by Gasteiger charge is -2.42. The molecule has 0 radical (unpaired) electrons. The fraction of sp³-hybridized carbons (Fsp3) is 1.00. The number of hydrogen-bond donors (Lipinski definition) is 0. The van der Waals surface area contributed by atoms with Gasteiger partial charge in [-0.3, -0.25) is 0 Å². The molecular formula is C5H9O4P. The predicted octanol–water partition coefficient (Wildman–Crippen LogP) is 0.675. The highest BCUT2D eigenvalue weighted by molar-refractivity contribution is 7.41. The van der Waals surface area contributed by atoms with Gasteiger partial charge in [0.2, 0.25) is 0 Å². The van der Waals surface area contributed by atoms with Crippen LogP contribution in [0.5, 0.6) is 0 Å². The first kappa shape index (κ1) is 6.95. The minimum atomic E-state index is -1.02. The van der Waals surface area contributed by atoms with E-state index in [1.807, 2.05) is 0 Å². The summed E-state index contributed by atoms with van der Waals surface area (Å²) < 4.78 is 20.7. The van der Waals surface area contributed by atoms with Gasteiger partial charge < -0.3 is 18.3 Å². The zero-order valence-corrected chi connectivity index (χ0v) is 6.60. The molecule has 0 unspecified atom stereocenters. The Morgan fingerprint density at radius 1 is 1.20 bits per heavy atom. The summed E-state index contributed by atoms with van der Waals surface area (Å²) in [5.41, 5.74) is -0.322. The van der Waals surface area contributed by atoms with Crippen molar-refractivity contribution in [3.8, 4) is 0 Å². The van der Waals surface area contributed by atoms with Gasteiger partial charge in [-0.25, -0.2) is 0 Å². The van der Waals surface area contributed by atoms with Gasteiger partial charge in [0.05, 0.1) is 19.8 Å². The molecule has 2 bridgehead atoms. The summed E-state index contributed by atoms with van der Waals surface area (Å²) in [6, 6.07) is 0. The lowest BCUT2D eigenvalue weighted by Crippen LogP contribution is -2.51. The Hall–Kier alpha value is 0.270. The molecule has 0 aliphatic carbocycles. The van der Waals surface area contributed by atoms with Crippen molar-refractivity contribution >= 4 is 8.60 Å². The number of hydrogen-bond acceptors (Lipinski definition) is 4. The summed E-state index contributed by atoms with van der Waals surface area (Å²) in [6.07, 6.45) is 0. The molecule has 3 fully saturated rings. The molecule has 0 aromatic rings. The third-order valence-electron chi connectivity index (χ3n) is 1.73. The second kappa shape index (κ2) is 2.40. The van der Waals surface area contributed by atoms with E-state index in [1.165, 1.54) is 0 Å². The van der Waals surface area contributed by atoms with Crippen LogP contribution < -0.4 is 0 Å². The minimum Gasteiger partial charge on any atom is -0.371 e. The van der Waals surface area contributed by atoms with Crippen molar-refractivity contribution in [2.45, 2.75) is 5.60 Å². The van der Waals surface area contributed by atoms with E-state index in [0.29, 0.717) is 19.8 Å². The standard InChI is InChI=1S/C5H9O4P/c1-6-5-2-7-10(8-3-5)9-4-5/h2-4H2,1H3. The van der Waals surface area contributed by atoms with Crippen LogP contribution in [0.2, 0.25) is 0 Å². The van der Waals surface area contributed by atoms with Crippen molar-refractivity contribution in [3.05, 3.63) is 0 Å². The van der Waals surface area contributed by atoms with E-state index in [-0.39, 0.29) is 5.60 Å². The van der Waals surface area contributed by atoms with E-state index in [2.05, 4.69) is 0 Å². The van der Waals surface area contributed by atoms with Crippen molar-refractivity contribution in [3.63, 3.8) is 0 Å². The summed E-state index contributed by atoms with van der Waals surface area (Å²) in [6.45, 7) is 1.82. The molecule has 58 valence electrons. The van der Waals surface area contributed by atoms with Crippen LogP contribution in [-0.2, 0) is 18.3 Å². The fourth-order valence-corrected chi connectivity index (χ4v) is 2.17. The summed E-state index contributed by atoms with van der Waals surface area (Å²) in [4.78, 5) is 0. The van der Waals surface area contributed by atoms with Crippen molar-refractivity contribution in [1.82, 2.24) is 0 Å². The second-order valence-electron chi connectivity index (χ2n) is 2.43. The Morgan fingerprint density at radius 3 is 2.00 bits per heavy atom. The average molecular weight is 164 g/mol. The summed E-state index contributed by atoms with van der Waals surface area (Å²) in [5.74, 6) is 0. The first-order valence-corrected chi connectivity index (χ1v) is 4.18. The number of fused-ring (bicyclic) bond motifs is 3. The fourth-order valence-electron chi connectivity index (χ4n) is 0.925. The highest BCUT2D eigenvalue weighted by Gasteiger charge is 2.44. The SMILES string of the molecule is COC12COP(OC1)OC2.